The molecule has 0 aliphatic heterocycles. The van der Waals surface area contributed by atoms with Crippen molar-refractivity contribution in [2.45, 2.75) is 4.90 Å². The highest BCUT2D eigenvalue weighted by Crippen LogP contribution is 2.25. The third-order valence-corrected chi connectivity index (χ3v) is 3.40. The number of hydrogen-bond acceptors (Lipinski definition) is 2. The SMILES string of the molecule is CNS(=O)(=O)c1c(F)cc(F)cc1Cl. The normalized spacial score (nSPS) is 11.7. The maximum absolute atomic E-state index is 13.1. The summed E-state index contributed by atoms with van der Waals surface area (Å²) in [5.41, 5.74) is 0. The highest BCUT2D eigenvalue weighted by atomic mass is 35.5. The molecule has 1 N–H and O–H groups in total. The molecule has 0 heterocycles. The zero-order valence-corrected chi connectivity index (χ0v) is 8.59. The Bertz CT molecular complexity index is 438. The van der Waals surface area contributed by atoms with E-state index in [0.717, 1.165) is 13.1 Å². The molecule has 3 nitrogen and oxygen atoms in total. The van der Waals surface area contributed by atoms with E-state index in [1.807, 2.05) is 4.72 Å². The van der Waals surface area contributed by atoms with Crippen molar-refractivity contribution in [1.82, 2.24) is 4.72 Å². The van der Waals surface area contributed by atoms with E-state index in [-0.39, 0.29) is 0 Å². The Morgan fingerprint density at radius 2 is 1.93 bits per heavy atom. The van der Waals surface area contributed by atoms with Crippen molar-refractivity contribution in [2.24, 2.45) is 0 Å². The maximum atomic E-state index is 13.1. The summed E-state index contributed by atoms with van der Waals surface area (Å²) in [5, 5.41) is -0.489. The number of rotatable bonds is 2. The van der Waals surface area contributed by atoms with E-state index in [1.54, 1.807) is 0 Å². The van der Waals surface area contributed by atoms with E-state index < -0.39 is 31.6 Å². The molecule has 78 valence electrons. The van der Waals surface area contributed by atoms with E-state index in [2.05, 4.69) is 0 Å². The van der Waals surface area contributed by atoms with Crippen LogP contribution in [0.3, 0.4) is 0 Å². The molecule has 0 aliphatic carbocycles. The second-order valence-electron chi connectivity index (χ2n) is 2.41. The molecule has 0 aromatic heterocycles. The van der Waals surface area contributed by atoms with Gasteiger partial charge in [0.05, 0.1) is 5.02 Å². The van der Waals surface area contributed by atoms with Crippen LogP contribution in [0.25, 0.3) is 0 Å². The average Bonchev–Trinajstić information content (AvgIpc) is 2.01. The van der Waals surface area contributed by atoms with Crippen molar-refractivity contribution in [3.05, 3.63) is 28.8 Å². The second kappa shape index (κ2) is 3.80. The molecular weight excluding hydrogens is 236 g/mol. The number of hydrogen-bond donors (Lipinski definition) is 1. The highest BCUT2D eigenvalue weighted by Gasteiger charge is 2.22. The molecule has 1 aromatic carbocycles. The highest BCUT2D eigenvalue weighted by molar-refractivity contribution is 7.89. The van der Waals surface area contributed by atoms with Crippen molar-refractivity contribution >= 4 is 21.6 Å². The van der Waals surface area contributed by atoms with Crippen LogP contribution in [0.2, 0.25) is 5.02 Å². The summed E-state index contributed by atoms with van der Waals surface area (Å²) >= 11 is 5.40. The van der Waals surface area contributed by atoms with Crippen LogP contribution in [0.4, 0.5) is 8.78 Å². The molecular formula is C7H6ClF2NO2S. The van der Waals surface area contributed by atoms with Crippen LogP contribution >= 0.6 is 11.6 Å². The maximum Gasteiger partial charge on any atom is 0.244 e. The molecule has 7 heteroatoms. The molecule has 0 saturated carbocycles. The molecule has 1 aromatic rings. The Balaban J connectivity index is 3.51. The topological polar surface area (TPSA) is 46.2 Å². The first-order valence-corrected chi connectivity index (χ1v) is 5.32. The summed E-state index contributed by atoms with van der Waals surface area (Å²) in [5.74, 6) is -2.15. The molecule has 0 aliphatic rings. The van der Waals surface area contributed by atoms with Crippen LogP contribution in [-0.4, -0.2) is 15.5 Å². The quantitative estimate of drug-likeness (QED) is 0.854. The third kappa shape index (κ3) is 2.02. The summed E-state index contributed by atoms with van der Waals surface area (Å²) in [6.07, 6.45) is 0. The summed E-state index contributed by atoms with van der Waals surface area (Å²) in [6, 6.07) is 1.19. The smallest absolute Gasteiger partial charge is 0.214 e. The minimum atomic E-state index is -4.00. The number of halogens is 3. The standard InChI is InChI=1S/C7H6ClF2NO2S/c1-11-14(12,13)7-5(8)2-4(9)3-6(7)10/h2-3,11H,1H3. The lowest BCUT2D eigenvalue weighted by molar-refractivity contribution is 0.546. The zero-order valence-electron chi connectivity index (χ0n) is 7.01. The predicted molar refractivity (Wildman–Crippen MR) is 47.6 cm³/mol. The van der Waals surface area contributed by atoms with Gasteiger partial charge in [0.25, 0.3) is 0 Å². The number of sulfonamides is 1. The lowest BCUT2D eigenvalue weighted by Crippen LogP contribution is -2.20. The summed E-state index contributed by atoms with van der Waals surface area (Å²) < 4.78 is 49.9. The first-order chi connectivity index (χ1) is 6.38. The second-order valence-corrected chi connectivity index (χ2v) is 4.64. The van der Waals surface area contributed by atoms with Gasteiger partial charge in [0, 0.05) is 6.07 Å². The minimum absolute atomic E-state index is 0.454. The van der Waals surface area contributed by atoms with Crippen LogP contribution < -0.4 is 4.72 Å². The van der Waals surface area contributed by atoms with E-state index in [1.165, 1.54) is 0 Å². The van der Waals surface area contributed by atoms with Crippen LogP contribution in [0.1, 0.15) is 0 Å². The van der Waals surface area contributed by atoms with Gasteiger partial charge in [-0.3, -0.25) is 0 Å². The lowest BCUT2D eigenvalue weighted by atomic mass is 10.3. The van der Waals surface area contributed by atoms with Gasteiger partial charge in [-0.05, 0) is 13.1 Å². The Hall–Kier alpha value is -0.720. The summed E-state index contributed by atoms with van der Waals surface area (Å²) in [7, 11) is -2.89. The Kier molecular flexibility index (Phi) is 3.08. The molecule has 0 unspecified atom stereocenters. The van der Waals surface area contributed by atoms with Crippen LogP contribution in [-0.2, 0) is 10.0 Å². The third-order valence-electron chi connectivity index (χ3n) is 1.50. The molecule has 14 heavy (non-hydrogen) atoms. The Morgan fingerprint density at radius 1 is 1.36 bits per heavy atom. The fraction of sp³-hybridized carbons (Fsp3) is 0.143. The molecule has 0 spiro atoms. The van der Waals surface area contributed by atoms with Gasteiger partial charge in [-0.1, -0.05) is 11.6 Å². The van der Waals surface area contributed by atoms with E-state index in [9.17, 15) is 17.2 Å². The molecule has 0 atom stereocenters. The monoisotopic (exact) mass is 241 g/mol. The van der Waals surface area contributed by atoms with Crippen molar-refractivity contribution in [3.63, 3.8) is 0 Å². The molecule has 0 fully saturated rings. The van der Waals surface area contributed by atoms with E-state index in [4.69, 9.17) is 11.6 Å². The van der Waals surface area contributed by atoms with Crippen molar-refractivity contribution < 1.29 is 17.2 Å². The van der Waals surface area contributed by atoms with Crippen molar-refractivity contribution in [1.29, 1.82) is 0 Å². The predicted octanol–water partition coefficient (Wildman–Crippen LogP) is 1.53. The molecule has 0 saturated heterocycles. The van der Waals surface area contributed by atoms with Crippen molar-refractivity contribution in [2.75, 3.05) is 7.05 Å². The minimum Gasteiger partial charge on any atom is -0.214 e. The number of benzene rings is 1. The van der Waals surface area contributed by atoms with Gasteiger partial charge in [-0.25, -0.2) is 21.9 Å². The van der Waals surface area contributed by atoms with Crippen LogP contribution in [0.15, 0.2) is 17.0 Å². The fourth-order valence-electron chi connectivity index (χ4n) is 0.888. The Labute approximate surface area is 84.7 Å². The zero-order chi connectivity index (χ0) is 10.9. The molecule has 1 rings (SSSR count). The van der Waals surface area contributed by atoms with Crippen molar-refractivity contribution in [3.8, 4) is 0 Å². The van der Waals surface area contributed by atoms with Crippen LogP contribution in [0, 0.1) is 11.6 Å². The lowest BCUT2D eigenvalue weighted by Gasteiger charge is -2.05. The van der Waals surface area contributed by atoms with Gasteiger partial charge < -0.3 is 0 Å². The molecule has 0 bridgehead atoms. The largest absolute Gasteiger partial charge is 0.244 e. The molecule has 0 amide bonds. The fourth-order valence-corrected chi connectivity index (χ4v) is 2.22. The average molecular weight is 242 g/mol. The number of nitrogens with one attached hydrogen (secondary N) is 1. The Morgan fingerprint density at radius 3 is 2.36 bits per heavy atom. The summed E-state index contributed by atoms with van der Waals surface area (Å²) in [4.78, 5) is -0.747. The van der Waals surface area contributed by atoms with Gasteiger partial charge in [0.1, 0.15) is 16.5 Å². The first kappa shape index (κ1) is 11.4. The van der Waals surface area contributed by atoms with Gasteiger partial charge in [0.2, 0.25) is 10.0 Å². The molecule has 0 radical (unpaired) electrons. The first-order valence-electron chi connectivity index (χ1n) is 3.46. The van der Waals surface area contributed by atoms with Gasteiger partial charge in [-0.15, -0.1) is 0 Å². The van der Waals surface area contributed by atoms with E-state index in [0.29, 0.717) is 6.07 Å². The van der Waals surface area contributed by atoms with Crippen LogP contribution in [0.5, 0.6) is 0 Å². The van der Waals surface area contributed by atoms with Gasteiger partial charge in [-0.2, -0.15) is 0 Å². The van der Waals surface area contributed by atoms with Gasteiger partial charge in [0.15, 0.2) is 0 Å². The summed E-state index contributed by atoms with van der Waals surface area (Å²) in [6.45, 7) is 0. The van der Waals surface area contributed by atoms with Gasteiger partial charge >= 0.3 is 0 Å². The van der Waals surface area contributed by atoms with E-state index >= 15 is 0 Å².